The Morgan fingerprint density at radius 3 is 2.65 bits per heavy atom. The predicted molar refractivity (Wildman–Crippen MR) is 72.6 cm³/mol. The van der Waals surface area contributed by atoms with Crippen LogP contribution in [0.1, 0.15) is 5.56 Å². The van der Waals surface area contributed by atoms with Gasteiger partial charge in [0.2, 0.25) is 17.7 Å². The summed E-state index contributed by atoms with van der Waals surface area (Å²) in [6.07, 6.45) is 0. The van der Waals surface area contributed by atoms with Crippen LogP contribution in [0.2, 0.25) is 0 Å². The molecule has 4 N–H and O–H groups in total. The number of rotatable bonds is 4. The smallest absolute Gasteiger partial charge is 0.240 e. The number of anilines is 1. The van der Waals surface area contributed by atoms with Crippen molar-refractivity contribution in [2.45, 2.75) is 6.54 Å². The second-order valence-corrected chi connectivity index (χ2v) is 4.57. The number of imide groups is 1. The van der Waals surface area contributed by atoms with Crippen LogP contribution >= 0.6 is 0 Å². The molecule has 2 rings (SSSR count). The summed E-state index contributed by atoms with van der Waals surface area (Å²) in [5, 5.41) is 4.90. The number of benzene rings is 1. The Morgan fingerprint density at radius 2 is 2.00 bits per heavy atom. The first-order valence-electron chi connectivity index (χ1n) is 6.20. The van der Waals surface area contributed by atoms with Gasteiger partial charge in [0.15, 0.2) is 0 Å². The molecule has 7 nitrogen and oxygen atoms in total. The van der Waals surface area contributed by atoms with Gasteiger partial charge in [-0.15, -0.1) is 0 Å². The lowest BCUT2D eigenvalue weighted by Gasteiger charge is -2.24. The molecule has 1 saturated heterocycles. The molecule has 0 aromatic heterocycles. The van der Waals surface area contributed by atoms with Gasteiger partial charge >= 0.3 is 0 Å². The summed E-state index contributed by atoms with van der Waals surface area (Å²) in [5.74, 6) is -1.06. The number of nitrogens with zero attached hydrogens (tertiary/aromatic N) is 1. The van der Waals surface area contributed by atoms with Crippen LogP contribution in [0.3, 0.4) is 0 Å². The number of carbonyl (C=O) groups excluding carboxylic acids is 3. The summed E-state index contributed by atoms with van der Waals surface area (Å²) in [5.41, 5.74) is 7.08. The minimum absolute atomic E-state index is 0.00792. The van der Waals surface area contributed by atoms with Crippen molar-refractivity contribution in [3.63, 3.8) is 0 Å². The highest BCUT2D eigenvalue weighted by molar-refractivity contribution is 6.00. The zero-order valence-electron chi connectivity index (χ0n) is 10.9. The van der Waals surface area contributed by atoms with E-state index in [4.69, 9.17) is 5.73 Å². The van der Waals surface area contributed by atoms with Crippen LogP contribution in [0.15, 0.2) is 24.3 Å². The fourth-order valence-electron chi connectivity index (χ4n) is 1.99. The number of nitrogens with two attached hydrogens (primary N) is 1. The largest absolute Gasteiger partial charge is 0.326 e. The van der Waals surface area contributed by atoms with E-state index in [-0.39, 0.29) is 37.4 Å². The molecule has 0 spiro atoms. The van der Waals surface area contributed by atoms with E-state index in [1.807, 2.05) is 6.07 Å². The number of hydrogen-bond donors (Lipinski definition) is 3. The molecule has 0 radical (unpaired) electrons. The van der Waals surface area contributed by atoms with Gasteiger partial charge in [0.1, 0.15) is 0 Å². The molecule has 3 amide bonds. The van der Waals surface area contributed by atoms with Crippen molar-refractivity contribution in [2.24, 2.45) is 5.73 Å². The molecule has 0 aliphatic carbocycles. The van der Waals surface area contributed by atoms with E-state index in [1.54, 1.807) is 18.2 Å². The summed E-state index contributed by atoms with van der Waals surface area (Å²) in [6.45, 7) is 0.473. The summed E-state index contributed by atoms with van der Waals surface area (Å²) in [4.78, 5) is 35.7. The maximum atomic E-state index is 11.9. The molecule has 1 aromatic carbocycles. The molecule has 1 aromatic rings. The number of hydrogen-bond acceptors (Lipinski definition) is 5. The van der Waals surface area contributed by atoms with Gasteiger partial charge in [-0.1, -0.05) is 12.1 Å². The maximum absolute atomic E-state index is 11.9. The Bertz CT molecular complexity index is 528. The molecule has 7 heteroatoms. The van der Waals surface area contributed by atoms with Crippen LogP contribution in [-0.4, -0.2) is 42.3 Å². The third-order valence-electron chi connectivity index (χ3n) is 2.83. The molecule has 0 unspecified atom stereocenters. The fourth-order valence-corrected chi connectivity index (χ4v) is 1.99. The molecule has 1 fully saturated rings. The van der Waals surface area contributed by atoms with Crippen molar-refractivity contribution in [2.75, 3.05) is 25.0 Å². The number of amides is 3. The van der Waals surface area contributed by atoms with Crippen LogP contribution in [0, 0.1) is 0 Å². The minimum atomic E-state index is -0.390. The minimum Gasteiger partial charge on any atom is -0.326 e. The van der Waals surface area contributed by atoms with Gasteiger partial charge in [0, 0.05) is 12.2 Å². The zero-order chi connectivity index (χ0) is 14.5. The molecule has 20 heavy (non-hydrogen) atoms. The van der Waals surface area contributed by atoms with E-state index in [9.17, 15) is 14.4 Å². The average Bonchev–Trinajstić information content (AvgIpc) is 2.37. The first-order valence-corrected chi connectivity index (χ1v) is 6.20. The van der Waals surface area contributed by atoms with Crippen LogP contribution in [0.25, 0.3) is 0 Å². The van der Waals surface area contributed by atoms with Crippen molar-refractivity contribution in [1.29, 1.82) is 0 Å². The lowest BCUT2D eigenvalue weighted by Crippen LogP contribution is -2.53. The Balaban J connectivity index is 1.91. The van der Waals surface area contributed by atoms with Gasteiger partial charge in [0.05, 0.1) is 19.6 Å². The molecular weight excluding hydrogens is 260 g/mol. The van der Waals surface area contributed by atoms with Crippen molar-refractivity contribution < 1.29 is 14.4 Å². The summed E-state index contributed by atoms with van der Waals surface area (Å²) in [6, 6.07) is 7.20. The topological polar surface area (TPSA) is 105 Å². The third-order valence-corrected chi connectivity index (χ3v) is 2.83. The van der Waals surface area contributed by atoms with Crippen molar-refractivity contribution in [3.05, 3.63) is 29.8 Å². The summed E-state index contributed by atoms with van der Waals surface area (Å²) >= 11 is 0. The van der Waals surface area contributed by atoms with Crippen LogP contribution in [0.5, 0.6) is 0 Å². The quantitative estimate of drug-likeness (QED) is 0.615. The van der Waals surface area contributed by atoms with E-state index in [1.165, 1.54) is 4.90 Å². The Hall–Kier alpha value is -2.25. The highest BCUT2D eigenvalue weighted by Crippen LogP contribution is 2.10. The van der Waals surface area contributed by atoms with E-state index >= 15 is 0 Å². The predicted octanol–water partition coefficient (Wildman–Crippen LogP) is -0.958. The molecule has 106 valence electrons. The molecule has 0 atom stereocenters. The van der Waals surface area contributed by atoms with Gasteiger partial charge in [-0.05, 0) is 17.7 Å². The van der Waals surface area contributed by atoms with Crippen LogP contribution in [-0.2, 0) is 20.9 Å². The van der Waals surface area contributed by atoms with Crippen molar-refractivity contribution in [1.82, 2.24) is 10.2 Å². The molecular formula is C13H16N4O3. The maximum Gasteiger partial charge on any atom is 0.240 e. The SMILES string of the molecule is NCc1cccc(NC(=O)CN2CC(=O)NC(=O)C2)c1. The Morgan fingerprint density at radius 1 is 1.30 bits per heavy atom. The molecule has 1 aliphatic heterocycles. The lowest BCUT2D eigenvalue weighted by molar-refractivity contribution is -0.136. The summed E-state index contributed by atoms with van der Waals surface area (Å²) < 4.78 is 0. The number of piperazine rings is 1. The second-order valence-electron chi connectivity index (χ2n) is 4.57. The van der Waals surface area contributed by atoms with Gasteiger partial charge in [0.25, 0.3) is 0 Å². The Labute approximate surface area is 116 Å². The average molecular weight is 276 g/mol. The van der Waals surface area contributed by atoms with Gasteiger partial charge in [-0.3, -0.25) is 24.6 Å². The third kappa shape index (κ3) is 3.87. The fraction of sp³-hybridized carbons (Fsp3) is 0.308. The highest BCUT2D eigenvalue weighted by atomic mass is 16.2. The van der Waals surface area contributed by atoms with Gasteiger partial charge in [-0.25, -0.2) is 0 Å². The van der Waals surface area contributed by atoms with E-state index in [2.05, 4.69) is 10.6 Å². The first-order chi connectivity index (χ1) is 9.56. The molecule has 1 heterocycles. The van der Waals surface area contributed by atoms with Crippen LogP contribution < -0.4 is 16.4 Å². The van der Waals surface area contributed by atoms with E-state index in [0.717, 1.165) is 5.56 Å². The first kappa shape index (κ1) is 14.2. The van der Waals surface area contributed by atoms with E-state index < -0.39 is 0 Å². The highest BCUT2D eigenvalue weighted by Gasteiger charge is 2.23. The number of carbonyl (C=O) groups is 3. The standard InChI is InChI=1S/C13H16N4O3/c14-5-9-2-1-3-10(4-9)15-11(18)6-17-7-12(19)16-13(20)8-17/h1-4H,5-8,14H2,(H,15,18)(H,16,19,20). The van der Waals surface area contributed by atoms with E-state index in [0.29, 0.717) is 12.2 Å². The second kappa shape index (κ2) is 6.27. The number of nitrogens with one attached hydrogen (secondary N) is 2. The summed E-state index contributed by atoms with van der Waals surface area (Å²) in [7, 11) is 0. The lowest BCUT2D eigenvalue weighted by atomic mass is 10.2. The van der Waals surface area contributed by atoms with Crippen molar-refractivity contribution >= 4 is 23.4 Å². The van der Waals surface area contributed by atoms with Crippen LogP contribution in [0.4, 0.5) is 5.69 Å². The molecule has 0 bridgehead atoms. The van der Waals surface area contributed by atoms with Gasteiger partial charge in [-0.2, -0.15) is 0 Å². The van der Waals surface area contributed by atoms with Gasteiger partial charge < -0.3 is 11.1 Å². The van der Waals surface area contributed by atoms with Crippen molar-refractivity contribution in [3.8, 4) is 0 Å². The monoisotopic (exact) mass is 276 g/mol. The molecule has 0 saturated carbocycles. The molecule has 1 aliphatic rings. The Kier molecular flexibility index (Phi) is 4.44. The normalized spacial score (nSPS) is 15.8. The zero-order valence-corrected chi connectivity index (χ0v) is 10.9.